The van der Waals surface area contributed by atoms with Crippen LogP contribution in [-0.4, -0.2) is 43.9 Å². The number of rotatable bonds is 4. The van der Waals surface area contributed by atoms with Gasteiger partial charge < -0.3 is 9.30 Å². The highest BCUT2D eigenvalue weighted by Gasteiger charge is 2.40. The van der Waals surface area contributed by atoms with Gasteiger partial charge in [-0.3, -0.25) is 9.79 Å². The molecule has 0 spiro atoms. The number of hydrogen-bond acceptors (Lipinski definition) is 4. The number of piperidine rings is 1. The molecule has 160 valence electrons. The van der Waals surface area contributed by atoms with Crippen molar-refractivity contribution in [1.82, 2.24) is 14.3 Å². The van der Waals surface area contributed by atoms with Crippen molar-refractivity contribution < 1.29 is 4.79 Å². The maximum atomic E-state index is 13.7. The van der Waals surface area contributed by atoms with Crippen LogP contribution >= 0.6 is 23.4 Å². The number of thioether (sulfide) groups is 1. The summed E-state index contributed by atoms with van der Waals surface area (Å²) in [6, 6.07) is 13.8. The first-order valence-corrected chi connectivity index (χ1v) is 12.0. The van der Waals surface area contributed by atoms with Crippen LogP contribution in [0.2, 0.25) is 5.02 Å². The molecule has 0 aliphatic carbocycles. The lowest BCUT2D eigenvalue weighted by atomic mass is 9.96. The summed E-state index contributed by atoms with van der Waals surface area (Å²) in [6.45, 7) is 2.79. The summed E-state index contributed by atoms with van der Waals surface area (Å²) in [5.41, 5.74) is 2.90. The van der Waals surface area contributed by atoms with E-state index in [9.17, 15) is 4.79 Å². The Morgan fingerprint density at radius 3 is 2.84 bits per heavy atom. The maximum Gasteiger partial charge on any atom is 0.249 e. The molecule has 0 saturated carbocycles. The smallest absolute Gasteiger partial charge is 0.249 e. The molecule has 1 saturated heterocycles. The van der Waals surface area contributed by atoms with E-state index < -0.39 is 0 Å². The molecule has 3 aromatic rings. The summed E-state index contributed by atoms with van der Waals surface area (Å²) < 4.78 is 1.96. The lowest BCUT2D eigenvalue weighted by Crippen LogP contribution is -2.49. The van der Waals surface area contributed by atoms with Gasteiger partial charge in [0.05, 0.1) is 21.0 Å². The minimum Gasteiger partial charge on any atom is -0.337 e. The van der Waals surface area contributed by atoms with E-state index in [0.717, 1.165) is 54.2 Å². The number of carbonyl (C=O) groups is 1. The molecule has 0 radical (unpaired) electrons. The Labute approximate surface area is 191 Å². The minimum atomic E-state index is -0.358. The van der Waals surface area contributed by atoms with Gasteiger partial charge in [0.15, 0.2) is 5.65 Å². The standard InChI is InChI=1S/C24H25ClN4OS/c1-16-26-21(22(31-16)17-8-3-2-4-9-17)24(30)29-13-6-5-10-19(29)14-18-15-28-12-7-11-20(25)23(28)27-18/h2-4,7-9,11-12,15,19,21-22H,5-6,10,13-14H2,1H3/t19-,21?,22?/m0/s1. The van der Waals surface area contributed by atoms with Crippen molar-refractivity contribution in [3.05, 3.63) is 71.1 Å². The molecule has 7 heteroatoms. The molecule has 1 amide bonds. The Balaban J connectivity index is 1.39. The number of amides is 1. The van der Waals surface area contributed by atoms with Crippen LogP contribution in [0.25, 0.3) is 5.65 Å². The van der Waals surface area contributed by atoms with Gasteiger partial charge in [-0.05, 0) is 43.9 Å². The van der Waals surface area contributed by atoms with Crippen molar-refractivity contribution in [3.8, 4) is 0 Å². The summed E-state index contributed by atoms with van der Waals surface area (Å²) in [6.07, 6.45) is 7.89. The molecule has 5 nitrogen and oxygen atoms in total. The molecule has 5 rings (SSSR count). The van der Waals surface area contributed by atoms with Gasteiger partial charge in [-0.1, -0.05) is 41.9 Å². The molecule has 2 aliphatic rings. The van der Waals surface area contributed by atoms with Crippen LogP contribution in [0, 0.1) is 0 Å². The molecule has 4 heterocycles. The van der Waals surface area contributed by atoms with Crippen LogP contribution in [0.1, 0.15) is 42.7 Å². The molecular weight excluding hydrogens is 428 g/mol. The van der Waals surface area contributed by atoms with E-state index in [1.54, 1.807) is 11.8 Å². The van der Waals surface area contributed by atoms with Crippen molar-refractivity contribution in [3.63, 3.8) is 0 Å². The molecule has 2 aliphatic heterocycles. The fourth-order valence-corrected chi connectivity index (χ4v) is 6.02. The third-order valence-electron chi connectivity index (χ3n) is 6.13. The molecule has 0 bridgehead atoms. The number of pyridine rings is 1. The summed E-state index contributed by atoms with van der Waals surface area (Å²) in [5.74, 6) is 0.143. The first kappa shape index (κ1) is 20.6. The minimum absolute atomic E-state index is 0.0466. The largest absolute Gasteiger partial charge is 0.337 e. The maximum absolute atomic E-state index is 13.7. The monoisotopic (exact) mass is 452 g/mol. The van der Waals surface area contributed by atoms with Crippen LogP contribution < -0.4 is 0 Å². The zero-order valence-corrected chi connectivity index (χ0v) is 19.0. The fourth-order valence-electron chi connectivity index (χ4n) is 4.66. The van der Waals surface area contributed by atoms with Gasteiger partial charge in [0.1, 0.15) is 6.04 Å². The number of aromatic nitrogens is 2. The Kier molecular flexibility index (Phi) is 5.76. The first-order chi connectivity index (χ1) is 15.1. The van der Waals surface area contributed by atoms with E-state index >= 15 is 0 Å². The van der Waals surface area contributed by atoms with Crippen LogP contribution in [0.15, 0.2) is 59.9 Å². The Bertz CT molecular complexity index is 1130. The lowest BCUT2D eigenvalue weighted by Gasteiger charge is -2.37. The average molecular weight is 453 g/mol. The Hall–Kier alpha value is -2.31. The van der Waals surface area contributed by atoms with E-state index in [0.29, 0.717) is 5.02 Å². The number of aliphatic imine (C=N–C) groups is 1. The number of benzene rings is 1. The number of fused-ring (bicyclic) bond motifs is 1. The summed E-state index contributed by atoms with van der Waals surface area (Å²) in [5, 5.41) is 1.67. The van der Waals surface area contributed by atoms with Crippen molar-refractivity contribution >= 4 is 40.0 Å². The zero-order chi connectivity index (χ0) is 21.4. The van der Waals surface area contributed by atoms with Gasteiger partial charge in [-0.15, -0.1) is 11.8 Å². The predicted molar refractivity (Wildman–Crippen MR) is 127 cm³/mol. The van der Waals surface area contributed by atoms with Gasteiger partial charge >= 0.3 is 0 Å². The van der Waals surface area contributed by atoms with Gasteiger partial charge in [0.25, 0.3) is 0 Å². The summed E-state index contributed by atoms with van der Waals surface area (Å²) in [4.78, 5) is 25.3. The third kappa shape index (κ3) is 4.11. The highest BCUT2D eigenvalue weighted by Crippen LogP contribution is 2.41. The van der Waals surface area contributed by atoms with Crippen molar-refractivity contribution in [2.45, 2.75) is 49.9 Å². The van der Waals surface area contributed by atoms with Crippen molar-refractivity contribution in [1.29, 1.82) is 0 Å². The van der Waals surface area contributed by atoms with E-state index in [4.69, 9.17) is 21.6 Å². The van der Waals surface area contributed by atoms with Crippen molar-refractivity contribution in [2.75, 3.05) is 6.54 Å². The molecule has 0 N–H and O–H groups in total. The molecule has 1 fully saturated rings. The van der Waals surface area contributed by atoms with Gasteiger partial charge in [-0.2, -0.15) is 0 Å². The van der Waals surface area contributed by atoms with E-state index in [2.05, 4.69) is 17.0 Å². The highest BCUT2D eigenvalue weighted by atomic mass is 35.5. The number of carbonyl (C=O) groups excluding carboxylic acids is 1. The van der Waals surface area contributed by atoms with Gasteiger partial charge in [0, 0.05) is 31.4 Å². The van der Waals surface area contributed by atoms with Crippen LogP contribution in [0.3, 0.4) is 0 Å². The van der Waals surface area contributed by atoms with E-state index in [1.165, 1.54) is 0 Å². The molecular formula is C24H25ClN4OS. The average Bonchev–Trinajstić information content (AvgIpc) is 3.38. The molecule has 3 atom stereocenters. The number of imidazole rings is 1. The Morgan fingerprint density at radius 2 is 2.03 bits per heavy atom. The second-order valence-corrected chi connectivity index (χ2v) is 9.99. The second-order valence-electron chi connectivity index (χ2n) is 8.25. The predicted octanol–water partition coefficient (Wildman–Crippen LogP) is 5.19. The topological polar surface area (TPSA) is 50.0 Å². The van der Waals surface area contributed by atoms with Crippen LogP contribution in [-0.2, 0) is 11.2 Å². The van der Waals surface area contributed by atoms with E-state index in [1.807, 2.05) is 54.0 Å². The van der Waals surface area contributed by atoms with Crippen molar-refractivity contribution in [2.24, 2.45) is 4.99 Å². The molecule has 31 heavy (non-hydrogen) atoms. The van der Waals surface area contributed by atoms with Crippen LogP contribution in [0.5, 0.6) is 0 Å². The summed E-state index contributed by atoms with van der Waals surface area (Å²) in [7, 11) is 0. The second kappa shape index (κ2) is 8.67. The fraction of sp³-hybridized carbons (Fsp3) is 0.375. The normalized spacial score (nSPS) is 23.9. The zero-order valence-electron chi connectivity index (χ0n) is 17.4. The number of halogens is 1. The Morgan fingerprint density at radius 1 is 1.19 bits per heavy atom. The highest BCUT2D eigenvalue weighted by molar-refractivity contribution is 8.14. The first-order valence-electron chi connectivity index (χ1n) is 10.8. The van der Waals surface area contributed by atoms with Crippen LogP contribution in [0.4, 0.5) is 0 Å². The third-order valence-corrected chi connectivity index (χ3v) is 7.65. The van der Waals surface area contributed by atoms with E-state index in [-0.39, 0.29) is 23.2 Å². The number of likely N-dealkylation sites (tertiary alicyclic amines) is 1. The lowest BCUT2D eigenvalue weighted by molar-refractivity contribution is -0.136. The molecule has 1 aromatic carbocycles. The number of hydrogen-bond donors (Lipinski definition) is 0. The summed E-state index contributed by atoms with van der Waals surface area (Å²) >= 11 is 8.00. The SMILES string of the molecule is CC1=NC(C(=O)N2CCCC[C@H]2Cc2cn3cccc(Cl)c3n2)C(c2ccccc2)S1. The molecule has 2 aromatic heterocycles. The number of nitrogens with zero attached hydrogens (tertiary/aromatic N) is 4. The van der Waals surface area contributed by atoms with Gasteiger partial charge in [-0.25, -0.2) is 4.98 Å². The van der Waals surface area contributed by atoms with Gasteiger partial charge in [0.2, 0.25) is 5.91 Å². The quantitative estimate of drug-likeness (QED) is 0.547. The molecule has 2 unspecified atom stereocenters.